The lowest BCUT2D eigenvalue weighted by atomic mass is 9.81. The van der Waals surface area contributed by atoms with Gasteiger partial charge in [0.2, 0.25) is 0 Å². The number of unbranched alkanes of at least 4 members (excludes halogenated alkanes) is 5. The average molecular weight is 314 g/mol. The quantitative estimate of drug-likeness (QED) is 0.412. The summed E-state index contributed by atoms with van der Waals surface area (Å²) in [5.41, 5.74) is 0. The van der Waals surface area contributed by atoms with Crippen molar-refractivity contribution in [2.75, 3.05) is 0 Å². The van der Waals surface area contributed by atoms with Gasteiger partial charge in [-0.15, -0.1) is 0 Å². The maximum atomic E-state index is 11.6. The lowest BCUT2D eigenvalue weighted by molar-refractivity contribution is -0.144. The van der Waals surface area contributed by atoms with Crippen molar-refractivity contribution in [2.45, 2.75) is 90.9 Å². The Kier molecular flexibility index (Phi) is 12.9. The summed E-state index contributed by atoms with van der Waals surface area (Å²) in [5.74, 6) is -1.29. The van der Waals surface area contributed by atoms with E-state index < -0.39 is 11.9 Å². The molecule has 0 rings (SSSR count). The second-order valence-electron chi connectivity index (χ2n) is 6.34. The van der Waals surface area contributed by atoms with Gasteiger partial charge in [-0.2, -0.15) is 0 Å². The minimum absolute atomic E-state index is 0.203. The molecular formula is C18H34O4. The van der Waals surface area contributed by atoms with Crippen LogP contribution in [0.4, 0.5) is 0 Å². The van der Waals surface area contributed by atoms with E-state index in [1.807, 2.05) is 0 Å². The molecule has 130 valence electrons. The summed E-state index contributed by atoms with van der Waals surface area (Å²) in [5, 5.41) is 18.1. The molecule has 0 spiro atoms. The average Bonchev–Trinajstić information content (AvgIpc) is 2.46. The topological polar surface area (TPSA) is 74.6 Å². The largest absolute Gasteiger partial charge is 0.481 e. The molecule has 2 atom stereocenters. The van der Waals surface area contributed by atoms with Crippen LogP contribution in [0.3, 0.4) is 0 Å². The number of carbonyl (C=O) groups is 2. The molecule has 0 aliphatic carbocycles. The fourth-order valence-corrected chi connectivity index (χ4v) is 3.03. The van der Waals surface area contributed by atoms with Gasteiger partial charge in [-0.25, -0.2) is 0 Å². The molecule has 0 heterocycles. The molecule has 0 aromatic rings. The molecule has 0 fully saturated rings. The Balaban J connectivity index is 4.23. The van der Waals surface area contributed by atoms with Crippen LogP contribution >= 0.6 is 0 Å². The minimum atomic E-state index is -0.730. The molecule has 0 amide bonds. The molecule has 0 bridgehead atoms. The van der Waals surface area contributed by atoms with Gasteiger partial charge in [0.15, 0.2) is 0 Å². The van der Waals surface area contributed by atoms with Crippen LogP contribution in [0.5, 0.6) is 0 Å². The highest BCUT2D eigenvalue weighted by molar-refractivity contribution is 5.70. The first kappa shape index (κ1) is 20.9. The van der Waals surface area contributed by atoms with Crippen LogP contribution < -0.4 is 0 Å². The summed E-state index contributed by atoms with van der Waals surface area (Å²) in [6.07, 6.45) is 10.9. The minimum Gasteiger partial charge on any atom is -0.481 e. The highest BCUT2D eigenvalue weighted by Crippen LogP contribution is 2.29. The van der Waals surface area contributed by atoms with Crippen molar-refractivity contribution < 1.29 is 19.8 Å². The first-order valence-electron chi connectivity index (χ1n) is 8.97. The molecule has 0 saturated carbocycles. The SMILES string of the molecule is CCCCC(CCCCCCC(=O)O)C(CCCC)C(=O)O. The van der Waals surface area contributed by atoms with Crippen LogP contribution in [0.2, 0.25) is 0 Å². The second kappa shape index (κ2) is 13.6. The van der Waals surface area contributed by atoms with E-state index in [-0.39, 0.29) is 18.3 Å². The highest BCUT2D eigenvalue weighted by Gasteiger charge is 2.26. The molecule has 22 heavy (non-hydrogen) atoms. The van der Waals surface area contributed by atoms with Crippen molar-refractivity contribution in [1.82, 2.24) is 0 Å². The second-order valence-corrected chi connectivity index (χ2v) is 6.34. The lowest BCUT2D eigenvalue weighted by Gasteiger charge is -2.24. The van der Waals surface area contributed by atoms with Gasteiger partial charge in [-0.1, -0.05) is 58.8 Å². The standard InChI is InChI=1S/C18H34O4/c1-3-5-11-15(16(18(21)22)13-6-4-2)12-9-7-8-10-14-17(19)20/h15-16H,3-14H2,1-2H3,(H,19,20)(H,21,22). The van der Waals surface area contributed by atoms with E-state index in [0.29, 0.717) is 0 Å². The molecule has 2 N–H and O–H groups in total. The third kappa shape index (κ3) is 10.6. The Hall–Kier alpha value is -1.06. The van der Waals surface area contributed by atoms with E-state index in [1.165, 1.54) is 0 Å². The molecule has 0 aliphatic rings. The van der Waals surface area contributed by atoms with E-state index in [1.54, 1.807) is 0 Å². The molecule has 0 saturated heterocycles. The number of hydrogen-bond donors (Lipinski definition) is 2. The third-order valence-corrected chi connectivity index (χ3v) is 4.40. The summed E-state index contributed by atoms with van der Waals surface area (Å²) >= 11 is 0. The Morgan fingerprint density at radius 2 is 1.32 bits per heavy atom. The van der Waals surface area contributed by atoms with E-state index in [4.69, 9.17) is 5.11 Å². The number of rotatable bonds is 15. The molecule has 4 nitrogen and oxygen atoms in total. The summed E-state index contributed by atoms with van der Waals surface area (Å²) in [6.45, 7) is 4.24. The van der Waals surface area contributed by atoms with Gasteiger partial charge in [0.05, 0.1) is 5.92 Å². The van der Waals surface area contributed by atoms with Gasteiger partial charge < -0.3 is 10.2 Å². The normalized spacial score (nSPS) is 13.7. The fraction of sp³-hybridized carbons (Fsp3) is 0.889. The van der Waals surface area contributed by atoms with Gasteiger partial charge >= 0.3 is 11.9 Å². The smallest absolute Gasteiger partial charge is 0.306 e. The van der Waals surface area contributed by atoms with Crippen molar-refractivity contribution in [3.63, 3.8) is 0 Å². The van der Waals surface area contributed by atoms with Gasteiger partial charge in [0, 0.05) is 6.42 Å². The van der Waals surface area contributed by atoms with Crippen molar-refractivity contribution in [3.8, 4) is 0 Å². The molecule has 0 aromatic carbocycles. The first-order valence-corrected chi connectivity index (χ1v) is 8.97. The van der Waals surface area contributed by atoms with Crippen LogP contribution in [-0.2, 0) is 9.59 Å². The van der Waals surface area contributed by atoms with Crippen LogP contribution in [0.15, 0.2) is 0 Å². The summed E-state index contributed by atoms with van der Waals surface area (Å²) in [6, 6.07) is 0. The van der Waals surface area contributed by atoms with Crippen molar-refractivity contribution in [3.05, 3.63) is 0 Å². The van der Waals surface area contributed by atoms with Crippen molar-refractivity contribution >= 4 is 11.9 Å². The molecule has 0 aliphatic heterocycles. The lowest BCUT2D eigenvalue weighted by Crippen LogP contribution is -2.24. The van der Waals surface area contributed by atoms with Crippen LogP contribution in [0.1, 0.15) is 90.9 Å². The predicted octanol–water partition coefficient (Wildman–Crippen LogP) is 5.11. The highest BCUT2D eigenvalue weighted by atomic mass is 16.4. The maximum Gasteiger partial charge on any atom is 0.306 e. The van der Waals surface area contributed by atoms with Gasteiger partial charge in [0.25, 0.3) is 0 Å². The van der Waals surface area contributed by atoms with E-state index in [9.17, 15) is 14.7 Å². The summed E-state index contributed by atoms with van der Waals surface area (Å²) in [7, 11) is 0. The van der Waals surface area contributed by atoms with Crippen molar-refractivity contribution in [1.29, 1.82) is 0 Å². The van der Waals surface area contributed by atoms with Crippen LogP contribution in [0.25, 0.3) is 0 Å². The zero-order valence-electron chi connectivity index (χ0n) is 14.4. The van der Waals surface area contributed by atoms with Gasteiger partial charge in [-0.3, -0.25) is 9.59 Å². The molecule has 0 aromatic heterocycles. The molecule has 2 unspecified atom stereocenters. The Morgan fingerprint density at radius 1 is 0.773 bits per heavy atom. The number of carboxylic acid groups (broad SMARTS) is 2. The third-order valence-electron chi connectivity index (χ3n) is 4.40. The molecule has 0 radical (unpaired) electrons. The number of hydrogen-bond acceptors (Lipinski definition) is 2. The van der Waals surface area contributed by atoms with Gasteiger partial charge in [-0.05, 0) is 31.6 Å². The van der Waals surface area contributed by atoms with E-state index >= 15 is 0 Å². The molecule has 4 heteroatoms. The summed E-state index contributed by atoms with van der Waals surface area (Å²) in [4.78, 5) is 22.0. The van der Waals surface area contributed by atoms with Gasteiger partial charge in [0.1, 0.15) is 0 Å². The summed E-state index contributed by atoms with van der Waals surface area (Å²) < 4.78 is 0. The maximum absolute atomic E-state index is 11.6. The van der Waals surface area contributed by atoms with Crippen LogP contribution in [0, 0.1) is 11.8 Å². The Morgan fingerprint density at radius 3 is 1.86 bits per heavy atom. The molecular weight excluding hydrogens is 280 g/mol. The Bertz CT molecular complexity index is 301. The van der Waals surface area contributed by atoms with Crippen molar-refractivity contribution in [2.24, 2.45) is 11.8 Å². The zero-order valence-corrected chi connectivity index (χ0v) is 14.4. The first-order chi connectivity index (χ1) is 10.5. The van der Waals surface area contributed by atoms with Crippen LogP contribution in [-0.4, -0.2) is 22.2 Å². The van der Waals surface area contributed by atoms with E-state index in [2.05, 4.69) is 13.8 Å². The number of aliphatic carboxylic acids is 2. The fourth-order valence-electron chi connectivity index (χ4n) is 3.03. The Labute approximate surface area is 135 Å². The predicted molar refractivity (Wildman–Crippen MR) is 89.0 cm³/mol. The monoisotopic (exact) mass is 314 g/mol. The van der Waals surface area contributed by atoms with E-state index in [0.717, 1.165) is 70.6 Å². The zero-order chi connectivity index (χ0) is 16.8. The number of carboxylic acids is 2.